The number of rotatable bonds is 6. The number of nitrogens with one attached hydrogen (secondary N) is 2. The van der Waals surface area contributed by atoms with Crippen LogP contribution in [-0.2, 0) is 17.8 Å². The number of fused-ring (bicyclic) bond motifs is 3. The summed E-state index contributed by atoms with van der Waals surface area (Å²) in [4.78, 5) is 17.7. The van der Waals surface area contributed by atoms with Crippen molar-refractivity contribution >= 4 is 22.5 Å². The number of methoxy groups -OCH3 is 1. The van der Waals surface area contributed by atoms with Crippen molar-refractivity contribution in [2.75, 3.05) is 25.5 Å². The lowest BCUT2D eigenvalue weighted by Crippen LogP contribution is -2.33. The van der Waals surface area contributed by atoms with E-state index in [0.717, 1.165) is 25.1 Å². The predicted octanol–water partition coefficient (Wildman–Crippen LogP) is 3.93. The summed E-state index contributed by atoms with van der Waals surface area (Å²) >= 11 is 0. The zero-order valence-corrected chi connectivity index (χ0v) is 17.8. The van der Waals surface area contributed by atoms with Gasteiger partial charge in [-0.1, -0.05) is 31.2 Å². The molecule has 0 bridgehead atoms. The fraction of sp³-hybridized carbons (Fsp3) is 0.375. The van der Waals surface area contributed by atoms with Crippen molar-refractivity contribution in [2.45, 2.75) is 39.3 Å². The van der Waals surface area contributed by atoms with E-state index in [2.05, 4.69) is 40.3 Å². The van der Waals surface area contributed by atoms with Crippen molar-refractivity contribution in [3.8, 4) is 5.75 Å². The summed E-state index contributed by atoms with van der Waals surface area (Å²) in [5.74, 6) is 0.502. The smallest absolute Gasteiger partial charge is 0.224 e. The van der Waals surface area contributed by atoms with Crippen molar-refractivity contribution in [3.05, 3.63) is 58.8 Å². The molecule has 1 aliphatic rings. The predicted molar refractivity (Wildman–Crippen MR) is 119 cm³/mol. The number of anilines is 1. The highest BCUT2D eigenvalue weighted by atomic mass is 16.5. The van der Waals surface area contributed by atoms with Crippen molar-refractivity contribution in [3.63, 3.8) is 0 Å². The third-order valence-electron chi connectivity index (χ3n) is 5.93. The molecule has 158 valence electrons. The first-order chi connectivity index (χ1) is 14.5. The number of aromatic nitrogens is 1. The Balaban J connectivity index is 1.51. The molecular weight excluding hydrogens is 378 g/mol. The average Bonchev–Trinajstić information content (AvgIpc) is 3.13. The number of aliphatic hydroxyl groups is 1. The SMILES string of the molecule is CCC(=O)Nc1cc([C@H](O)CN2CCc3[nH]c4c(C)cccc4c3C2)ccc1OC. The molecule has 0 radical (unpaired) electrons. The number of hydrogen-bond donors (Lipinski definition) is 3. The van der Waals surface area contributed by atoms with Gasteiger partial charge in [0.05, 0.1) is 18.9 Å². The number of aryl methyl sites for hydroxylation is 1. The van der Waals surface area contributed by atoms with Gasteiger partial charge in [0.1, 0.15) is 5.75 Å². The van der Waals surface area contributed by atoms with E-state index >= 15 is 0 Å². The largest absolute Gasteiger partial charge is 0.495 e. The van der Waals surface area contributed by atoms with E-state index in [1.165, 1.54) is 27.7 Å². The number of amides is 1. The first-order valence-electron chi connectivity index (χ1n) is 10.5. The number of β-amino-alcohol motifs (C(OH)–C–C–N with tert-alkyl or cyclic N) is 1. The number of hydrogen-bond acceptors (Lipinski definition) is 4. The molecule has 1 aromatic heterocycles. The number of aromatic amines is 1. The van der Waals surface area contributed by atoms with Gasteiger partial charge < -0.3 is 20.1 Å². The van der Waals surface area contributed by atoms with Crippen LogP contribution < -0.4 is 10.1 Å². The highest BCUT2D eigenvalue weighted by Crippen LogP contribution is 2.32. The van der Waals surface area contributed by atoms with Gasteiger partial charge in [0, 0.05) is 49.1 Å². The molecule has 2 heterocycles. The Hall–Kier alpha value is -2.83. The summed E-state index contributed by atoms with van der Waals surface area (Å²) < 4.78 is 5.35. The number of carbonyl (C=O) groups is 1. The van der Waals surface area contributed by atoms with Crippen LogP contribution in [-0.4, -0.2) is 41.1 Å². The molecule has 6 nitrogen and oxygen atoms in total. The van der Waals surface area contributed by atoms with E-state index in [1.54, 1.807) is 20.1 Å². The van der Waals surface area contributed by atoms with Gasteiger partial charge in [0.2, 0.25) is 5.91 Å². The quantitative estimate of drug-likeness (QED) is 0.579. The second-order valence-electron chi connectivity index (χ2n) is 7.94. The molecule has 0 spiro atoms. The van der Waals surface area contributed by atoms with Gasteiger partial charge in [-0.3, -0.25) is 9.69 Å². The Morgan fingerprint density at radius 1 is 1.33 bits per heavy atom. The van der Waals surface area contributed by atoms with Gasteiger partial charge in [-0.15, -0.1) is 0 Å². The summed E-state index contributed by atoms with van der Waals surface area (Å²) in [6.45, 7) is 6.17. The van der Waals surface area contributed by atoms with E-state index in [1.807, 2.05) is 12.1 Å². The van der Waals surface area contributed by atoms with Gasteiger partial charge in [0.25, 0.3) is 0 Å². The molecule has 1 amide bonds. The molecule has 1 atom stereocenters. The maximum absolute atomic E-state index is 11.8. The summed E-state index contributed by atoms with van der Waals surface area (Å²) in [6, 6.07) is 11.9. The monoisotopic (exact) mass is 407 g/mol. The Morgan fingerprint density at radius 2 is 2.17 bits per heavy atom. The van der Waals surface area contributed by atoms with Crippen LogP contribution in [0.1, 0.15) is 41.8 Å². The van der Waals surface area contributed by atoms with Crippen LogP contribution in [0.5, 0.6) is 5.75 Å². The number of aliphatic hydroxyl groups excluding tert-OH is 1. The van der Waals surface area contributed by atoms with Crippen molar-refractivity contribution in [1.29, 1.82) is 0 Å². The molecule has 1 aliphatic heterocycles. The van der Waals surface area contributed by atoms with Crippen LogP contribution in [0.2, 0.25) is 0 Å². The molecule has 6 heteroatoms. The van der Waals surface area contributed by atoms with Gasteiger partial charge >= 0.3 is 0 Å². The van der Waals surface area contributed by atoms with Crippen molar-refractivity contribution < 1.29 is 14.6 Å². The van der Waals surface area contributed by atoms with Gasteiger partial charge in [-0.2, -0.15) is 0 Å². The zero-order valence-electron chi connectivity index (χ0n) is 17.8. The number of nitrogens with zero attached hydrogens (tertiary/aromatic N) is 1. The normalized spacial score (nSPS) is 15.1. The molecule has 2 aromatic carbocycles. The molecule has 0 saturated carbocycles. The standard InChI is InChI=1S/C24H29N3O3/c1-4-23(29)25-20-12-16(8-9-22(20)30-3)21(28)14-27-11-10-19-18(13-27)17-7-5-6-15(2)24(17)26-19/h5-9,12,21,26,28H,4,10-11,13-14H2,1-3H3,(H,25,29)/t21-/m1/s1. The van der Waals surface area contributed by atoms with E-state index in [4.69, 9.17) is 4.74 Å². The third kappa shape index (κ3) is 3.93. The topological polar surface area (TPSA) is 77.6 Å². The minimum Gasteiger partial charge on any atom is -0.495 e. The maximum atomic E-state index is 11.8. The second-order valence-corrected chi connectivity index (χ2v) is 7.94. The second kappa shape index (κ2) is 8.50. The minimum absolute atomic E-state index is 0.0851. The molecule has 4 rings (SSSR count). The van der Waals surface area contributed by atoms with E-state index in [-0.39, 0.29) is 5.91 Å². The molecular formula is C24H29N3O3. The summed E-state index contributed by atoms with van der Waals surface area (Å²) in [6.07, 6.45) is 0.675. The molecule has 30 heavy (non-hydrogen) atoms. The van der Waals surface area contributed by atoms with Crippen LogP contribution in [0.25, 0.3) is 10.9 Å². The molecule has 0 fully saturated rings. The molecule has 3 N–H and O–H groups in total. The Bertz CT molecular complexity index is 1070. The highest BCUT2D eigenvalue weighted by Gasteiger charge is 2.23. The lowest BCUT2D eigenvalue weighted by atomic mass is 10.0. The van der Waals surface area contributed by atoms with Crippen molar-refractivity contribution in [1.82, 2.24) is 9.88 Å². The number of benzene rings is 2. The lowest BCUT2D eigenvalue weighted by molar-refractivity contribution is -0.115. The molecule has 0 saturated heterocycles. The van der Waals surface area contributed by atoms with Crippen LogP contribution in [0.3, 0.4) is 0 Å². The lowest BCUT2D eigenvalue weighted by Gasteiger charge is -2.29. The summed E-state index contributed by atoms with van der Waals surface area (Å²) in [5, 5.41) is 15.0. The Labute approximate surface area is 176 Å². The summed E-state index contributed by atoms with van der Waals surface area (Å²) in [7, 11) is 1.57. The van der Waals surface area contributed by atoms with E-state index < -0.39 is 6.10 Å². The van der Waals surface area contributed by atoms with Gasteiger partial charge in [-0.05, 0) is 35.7 Å². The van der Waals surface area contributed by atoms with Crippen LogP contribution in [0.15, 0.2) is 36.4 Å². The third-order valence-corrected chi connectivity index (χ3v) is 5.93. The van der Waals surface area contributed by atoms with E-state index in [9.17, 15) is 9.90 Å². The van der Waals surface area contributed by atoms with Crippen molar-refractivity contribution in [2.24, 2.45) is 0 Å². The molecule has 0 aliphatic carbocycles. The van der Waals surface area contributed by atoms with Crippen LogP contribution >= 0.6 is 0 Å². The maximum Gasteiger partial charge on any atom is 0.224 e. The first kappa shape index (κ1) is 20.4. The van der Waals surface area contributed by atoms with Crippen LogP contribution in [0.4, 0.5) is 5.69 Å². The number of para-hydroxylation sites is 1. The first-order valence-corrected chi connectivity index (χ1v) is 10.5. The van der Waals surface area contributed by atoms with E-state index in [0.29, 0.717) is 24.4 Å². The van der Waals surface area contributed by atoms with Crippen LogP contribution in [0, 0.1) is 6.92 Å². The molecule has 0 unspecified atom stereocenters. The number of ether oxygens (including phenoxy) is 1. The minimum atomic E-state index is -0.651. The van der Waals surface area contributed by atoms with Gasteiger partial charge in [0.15, 0.2) is 0 Å². The summed E-state index contributed by atoms with van der Waals surface area (Å²) in [5.41, 5.74) is 6.47. The molecule has 3 aromatic rings. The highest BCUT2D eigenvalue weighted by molar-refractivity contribution is 5.92. The fourth-order valence-corrected chi connectivity index (χ4v) is 4.22. The zero-order chi connectivity index (χ0) is 21.3. The number of carbonyl (C=O) groups excluding carboxylic acids is 1. The Morgan fingerprint density at radius 3 is 2.93 bits per heavy atom. The average molecular weight is 408 g/mol. The Kier molecular flexibility index (Phi) is 5.79. The van der Waals surface area contributed by atoms with Gasteiger partial charge in [-0.25, -0.2) is 0 Å². The fourth-order valence-electron chi connectivity index (χ4n) is 4.22. The number of H-pyrrole nitrogens is 1.